The van der Waals surface area contributed by atoms with Gasteiger partial charge in [-0.15, -0.1) is 0 Å². The molecular weight excluding hydrogens is 296 g/mol. The second-order valence-electron chi connectivity index (χ2n) is 4.69. The maximum absolute atomic E-state index is 12.2. The van der Waals surface area contributed by atoms with Crippen molar-refractivity contribution in [2.24, 2.45) is 0 Å². The van der Waals surface area contributed by atoms with Crippen LogP contribution in [0.25, 0.3) is 10.8 Å². The van der Waals surface area contributed by atoms with Gasteiger partial charge in [0.1, 0.15) is 10.1 Å². The maximum Gasteiger partial charge on any atom is 0.261 e. The Labute approximate surface area is 119 Å². The Kier molecular flexibility index (Phi) is 2.59. The van der Waals surface area contributed by atoms with E-state index in [1.807, 2.05) is 0 Å². The zero-order valence-electron chi connectivity index (χ0n) is 10.8. The van der Waals surface area contributed by atoms with E-state index in [0.717, 1.165) is 11.0 Å². The van der Waals surface area contributed by atoms with Gasteiger partial charge in [-0.2, -0.15) is 0 Å². The summed E-state index contributed by atoms with van der Waals surface area (Å²) in [5.41, 5.74) is 5.70. The van der Waals surface area contributed by atoms with Crippen molar-refractivity contribution >= 4 is 38.4 Å². The van der Waals surface area contributed by atoms with E-state index in [-0.39, 0.29) is 27.6 Å². The lowest BCUT2D eigenvalue weighted by Crippen LogP contribution is -2.37. The van der Waals surface area contributed by atoms with Gasteiger partial charge in [0.05, 0.1) is 16.1 Å². The number of nitrogens with zero attached hydrogens (tertiary/aromatic N) is 1. The van der Waals surface area contributed by atoms with E-state index in [9.17, 15) is 22.6 Å². The molecule has 0 spiro atoms. The SMILES string of the molecule is CN1C(=O)c2cccc3c(N)c(S(=O)(=O)[O-])cc(c23)C1=O. The predicted octanol–water partition coefficient (Wildman–Crippen LogP) is 0.552. The smallest absolute Gasteiger partial charge is 0.261 e. The molecule has 0 aromatic heterocycles. The fourth-order valence-corrected chi connectivity index (χ4v) is 3.13. The zero-order valence-corrected chi connectivity index (χ0v) is 11.6. The van der Waals surface area contributed by atoms with E-state index in [0.29, 0.717) is 0 Å². The van der Waals surface area contributed by atoms with Crippen molar-refractivity contribution < 1.29 is 22.6 Å². The number of benzene rings is 2. The van der Waals surface area contributed by atoms with Gasteiger partial charge >= 0.3 is 0 Å². The topological polar surface area (TPSA) is 121 Å². The third-order valence-corrected chi connectivity index (χ3v) is 4.38. The van der Waals surface area contributed by atoms with Gasteiger partial charge in [-0.25, -0.2) is 8.42 Å². The molecule has 3 rings (SSSR count). The number of hydrogen-bond donors (Lipinski definition) is 1. The Bertz CT molecular complexity index is 933. The first-order chi connectivity index (χ1) is 9.73. The Morgan fingerprint density at radius 3 is 2.38 bits per heavy atom. The fourth-order valence-electron chi connectivity index (χ4n) is 2.49. The van der Waals surface area contributed by atoms with E-state index >= 15 is 0 Å². The number of rotatable bonds is 1. The second kappa shape index (κ2) is 4.03. The molecule has 2 aromatic rings. The molecule has 0 radical (unpaired) electrons. The predicted molar refractivity (Wildman–Crippen MR) is 72.7 cm³/mol. The standard InChI is InChI=1S/C13H10N2O5S/c1-15-12(16)7-4-2-3-6-10(7)8(13(15)17)5-9(11(6)14)21(18,19)20/h2-5H,14H2,1H3,(H,18,19,20)/p-1. The number of nitrogen functional groups attached to an aromatic ring is 1. The van der Waals surface area contributed by atoms with Gasteiger partial charge in [-0.1, -0.05) is 12.1 Å². The molecule has 7 nitrogen and oxygen atoms in total. The molecule has 1 heterocycles. The molecule has 0 bridgehead atoms. The highest BCUT2D eigenvalue weighted by atomic mass is 32.2. The molecule has 8 heteroatoms. The summed E-state index contributed by atoms with van der Waals surface area (Å²) in [6.07, 6.45) is 0. The number of nitrogens with two attached hydrogens (primary N) is 1. The molecule has 0 saturated carbocycles. The molecule has 0 unspecified atom stereocenters. The van der Waals surface area contributed by atoms with Crippen LogP contribution in [-0.4, -0.2) is 36.7 Å². The molecule has 108 valence electrons. The Morgan fingerprint density at radius 2 is 1.76 bits per heavy atom. The third kappa shape index (κ3) is 1.73. The number of carbonyl (C=O) groups is 2. The molecular formula is C13H9N2O5S-. The first-order valence-corrected chi connectivity index (χ1v) is 7.28. The van der Waals surface area contributed by atoms with Gasteiger partial charge in [-0.05, 0) is 12.1 Å². The van der Waals surface area contributed by atoms with Crippen LogP contribution in [0.5, 0.6) is 0 Å². The lowest BCUT2D eigenvalue weighted by molar-refractivity contribution is 0.0650. The number of hydrogen-bond acceptors (Lipinski definition) is 6. The van der Waals surface area contributed by atoms with E-state index in [1.165, 1.54) is 25.2 Å². The number of anilines is 1. The van der Waals surface area contributed by atoms with E-state index in [2.05, 4.69) is 0 Å². The highest BCUT2D eigenvalue weighted by Gasteiger charge is 2.32. The number of amides is 2. The average molecular weight is 305 g/mol. The number of carbonyl (C=O) groups excluding carboxylic acids is 2. The van der Waals surface area contributed by atoms with Crippen LogP contribution in [0.1, 0.15) is 20.7 Å². The summed E-state index contributed by atoms with van der Waals surface area (Å²) in [5.74, 6) is -1.18. The van der Waals surface area contributed by atoms with Gasteiger partial charge in [0.15, 0.2) is 0 Å². The molecule has 2 aromatic carbocycles. The molecule has 2 N–H and O–H groups in total. The van der Waals surface area contributed by atoms with Gasteiger partial charge in [0.2, 0.25) is 0 Å². The van der Waals surface area contributed by atoms with Crippen molar-refractivity contribution in [2.75, 3.05) is 12.8 Å². The van der Waals surface area contributed by atoms with E-state index in [1.54, 1.807) is 0 Å². The van der Waals surface area contributed by atoms with E-state index < -0.39 is 26.8 Å². The molecule has 21 heavy (non-hydrogen) atoms. The minimum absolute atomic E-state index is 0.0219. The van der Waals surface area contributed by atoms with Crippen LogP contribution in [0.2, 0.25) is 0 Å². The van der Waals surface area contributed by atoms with Crippen molar-refractivity contribution in [3.05, 3.63) is 35.4 Å². The fraction of sp³-hybridized carbons (Fsp3) is 0.0769. The zero-order chi connectivity index (χ0) is 15.5. The second-order valence-corrected chi connectivity index (χ2v) is 6.04. The van der Waals surface area contributed by atoms with Gasteiger partial charge in [0, 0.05) is 23.4 Å². The first kappa shape index (κ1) is 13.5. The molecule has 2 amide bonds. The van der Waals surface area contributed by atoms with Gasteiger partial charge in [0.25, 0.3) is 11.8 Å². The lowest BCUT2D eigenvalue weighted by Gasteiger charge is -2.25. The van der Waals surface area contributed by atoms with Crippen molar-refractivity contribution in [1.82, 2.24) is 4.90 Å². The van der Waals surface area contributed by atoms with Crippen LogP contribution < -0.4 is 5.73 Å². The van der Waals surface area contributed by atoms with Gasteiger partial charge < -0.3 is 10.3 Å². The summed E-state index contributed by atoms with van der Waals surface area (Å²) >= 11 is 0. The quantitative estimate of drug-likeness (QED) is 0.466. The lowest BCUT2D eigenvalue weighted by atomic mass is 9.93. The average Bonchev–Trinajstić information content (AvgIpc) is 2.42. The monoisotopic (exact) mass is 305 g/mol. The van der Waals surface area contributed by atoms with Crippen molar-refractivity contribution in [3.8, 4) is 0 Å². The Morgan fingerprint density at radius 1 is 1.14 bits per heavy atom. The summed E-state index contributed by atoms with van der Waals surface area (Å²) in [6.45, 7) is 0. The molecule has 1 aliphatic rings. The highest BCUT2D eigenvalue weighted by Crippen LogP contribution is 2.36. The van der Waals surface area contributed by atoms with E-state index in [4.69, 9.17) is 5.73 Å². The van der Waals surface area contributed by atoms with Gasteiger partial charge in [-0.3, -0.25) is 14.5 Å². The molecule has 0 atom stereocenters. The van der Waals surface area contributed by atoms with Crippen LogP contribution in [-0.2, 0) is 10.1 Å². The Balaban J connectivity index is 2.58. The molecule has 0 aliphatic carbocycles. The molecule has 0 fully saturated rings. The summed E-state index contributed by atoms with van der Waals surface area (Å²) in [7, 11) is -3.55. The van der Waals surface area contributed by atoms with Crippen molar-refractivity contribution in [1.29, 1.82) is 0 Å². The first-order valence-electron chi connectivity index (χ1n) is 5.87. The van der Waals surface area contributed by atoms with Crippen LogP contribution in [0.15, 0.2) is 29.2 Å². The van der Waals surface area contributed by atoms with Crippen molar-refractivity contribution in [3.63, 3.8) is 0 Å². The summed E-state index contributed by atoms with van der Waals surface area (Å²) in [6, 6.07) is 5.44. The maximum atomic E-state index is 12.2. The normalized spacial score (nSPS) is 14.9. The minimum atomic E-state index is -4.83. The van der Waals surface area contributed by atoms with Crippen LogP contribution >= 0.6 is 0 Å². The summed E-state index contributed by atoms with van der Waals surface area (Å²) in [4.78, 5) is 24.5. The minimum Gasteiger partial charge on any atom is -0.744 e. The number of imide groups is 1. The molecule has 1 aliphatic heterocycles. The Hall–Kier alpha value is -2.45. The largest absolute Gasteiger partial charge is 0.744 e. The summed E-state index contributed by atoms with van der Waals surface area (Å²) in [5, 5.41) is 0.477. The summed E-state index contributed by atoms with van der Waals surface area (Å²) < 4.78 is 33.9. The van der Waals surface area contributed by atoms with Crippen LogP contribution in [0.3, 0.4) is 0 Å². The molecule has 0 saturated heterocycles. The van der Waals surface area contributed by atoms with Crippen molar-refractivity contribution in [2.45, 2.75) is 4.90 Å². The third-order valence-electron chi connectivity index (χ3n) is 3.50. The van der Waals surface area contributed by atoms with Crippen LogP contribution in [0.4, 0.5) is 5.69 Å². The van der Waals surface area contributed by atoms with Crippen LogP contribution in [0, 0.1) is 0 Å². The highest BCUT2D eigenvalue weighted by molar-refractivity contribution is 7.86.